The van der Waals surface area contributed by atoms with Gasteiger partial charge in [0.25, 0.3) is 11.1 Å². The van der Waals surface area contributed by atoms with Crippen molar-refractivity contribution in [3.63, 3.8) is 0 Å². The van der Waals surface area contributed by atoms with Crippen LogP contribution in [0.25, 0.3) is 10.8 Å². The van der Waals surface area contributed by atoms with Gasteiger partial charge in [-0.2, -0.15) is 13.2 Å². The Labute approximate surface area is 169 Å². The number of nitrogens with one attached hydrogen (secondary N) is 1. The number of amides is 1. The Kier molecular flexibility index (Phi) is 6.09. The standard InChI is InChI=1S/C21H20F3N3O3/c1-14-6-8-15(9-7-14)10-11-26(13-21(22,23)24)18(28)12-27-20(30)17-5-3-2-4-16(17)19(29)25-27/h2-9H,10-13H2,1H3,(H,25,29). The predicted molar refractivity (Wildman–Crippen MR) is 106 cm³/mol. The van der Waals surface area contributed by atoms with Crippen LogP contribution in [0.3, 0.4) is 0 Å². The molecule has 30 heavy (non-hydrogen) atoms. The van der Waals surface area contributed by atoms with Crippen molar-refractivity contribution in [2.45, 2.75) is 26.1 Å². The summed E-state index contributed by atoms with van der Waals surface area (Å²) in [6.07, 6.45) is -4.37. The fourth-order valence-corrected chi connectivity index (χ4v) is 3.12. The van der Waals surface area contributed by atoms with Crippen molar-refractivity contribution >= 4 is 16.7 Å². The number of fused-ring (bicyclic) bond motifs is 1. The lowest BCUT2D eigenvalue weighted by Crippen LogP contribution is -2.44. The molecule has 0 aliphatic heterocycles. The number of carbonyl (C=O) groups excluding carboxylic acids is 1. The molecule has 0 saturated carbocycles. The van der Waals surface area contributed by atoms with E-state index in [0.717, 1.165) is 15.8 Å². The van der Waals surface area contributed by atoms with Crippen molar-refractivity contribution in [3.05, 3.63) is 80.4 Å². The third kappa shape index (κ3) is 5.16. The smallest absolute Gasteiger partial charge is 0.332 e. The fourth-order valence-electron chi connectivity index (χ4n) is 3.12. The number of alkyl halides is 3. The molecule has 1 aromatic heterocycles. The summed E-state index contributed by atoms with van der Waals surface area (Å²) in [6, 6.07) is 13.3. The molecule has 0 bridgehead atoms. The number of rotatable bonds is 6. The number of aryl methyl sites for hydroxylation is 1. The number of aromatic amines is 1. The first-order valence-electron chi connectivity index (χ1n) is 9.26. The molecule has 0 aliphatic rings. The second-order valence-electron chi connectivity index (χ2n) is 7.04. The summed E-state index contributed by atoms with van der Waals surface area (Å²) in [7, 11) is 0. The van der Waals surface area contributed by atoms with Gasteiger partial charge >= 0.3 is 6.18 Å². The van der Waals surface area contributed by atoms with Crippen LogP contribution in [0.1, 0.15) is 11.1 Å². The third-order valence-corrected chi connectivity index (χ3v) is 4.69. The van der Waals surface area contributed by atoms with Crippen molar-refractivity contribution in [2.75, 3.05) is 13.1 Å². The normalized spacial score (nSPS) is 11.6. The quantitative estimate of drug-likeness (QED) is 0.668. The van der Waals surface area contributed by atoms with Crippen molar-refractivity contribution in [3.8, 4) is 0 Å². The van der Waals surface area contributed by atoms with Crippen LogP contribution in [0, 0.1) is 6.92 Å². The highest BCUT2D eigenvalue weighted by molar-refractivity contribution is 5.81. The lowest BCUT2D eigenvalue weighted by Gasteiger charge is -2.24. The van der Waals surface area contributed by atoms with Crippen molar-refractivity contribution < 1.29 is 18.0 Å². The molecule has 0 unspecified atom stereocenters. The van der Waals surface area contributed by atoms with E-state index in [1.54, 1.807) is 24.3 Å². The number of halogens is 3. The Morgan fingerprint density at radius 3 is 2.30 bits per heavy atom. The molecular formula is C21H20F3N3O3. The average Bonchev–Trinajstić information content (AvgIpc) is 2.69. The van der Waals surface area contributed by atoms with Crippen LogP contribution < -0.4 is 11.1 Å². The molecule has 3 aromatic rings. The van der Waals surface area contributed by atoms with Crippen LogP contribution in [0.5, 0.6) is 0 Å². The van der Waals surface area contributed by atoms with E-state index in [2.05, 4.69) is 5.10 Å². The second-order valence-corrected chi connectivity index (χ2v) is 7.04. The molecule has 0 spiro atoms. The average molecular weight is 419 g/mol. The summed E-state index contributed by atoms with van der Waals surface area (Å²) in [4.78, 5) is 37.9. The molecule has 0 fully saturated rings. The van der Waals surface area contributed by atoms with E-state index in [4.69, 9.17) is 0 Å². The number of aromatic nitrogens is 2. The van der Waals surface area contributed by atoms with Crippen molar-refractivity contribution in [2.24, 2.45) is 0 Å². The monoisotopic (exact) mass is 419 g/mol. The Hall–Kier alpha value is -3.36. The molecule has 0 radical (unpaired) electrons. The van der Waals surface area contributed by atoms with E-state index in [1.807, 2.05) is 19.1 Å². The van der Waals surface area contributed by atoms with Gasteiger partial charge in [0, 0.05) is 6.54 Å². The first-order valence-corrected chi connectivity index (χ1v) is 9.26. The van der Waals surface area contributed by atoms with Crippen LogP contribution >= 0.6 is 0 Å². The molecule has 9 heteroatoms. The molecule has 1 amide bonds. The van der Waals surface area contributed by atoms with Gasteiger partial charge < -0.3 is 4.90 Å². The molecule has 0 aliphatic carbocycles. The van der Waals surface area contributed by atoms with Gasteiger partial charge in [0.15, 0.2) is 0 Å². The second kappa shape index (κ2) is 8.56. The number of nitrogens with zero attached hydrogens (tertiary/aromatic N) is 2. The molecule has 1 heterocycles. The largest absolute Gasteiger partial charge is 0.406 e. The van der Waals surface area contributed by atoms with Gasteiger partial charge in [0.1, 0.15) is 13.1 Å². The third-order valence-electron chi connectivity index (χ3n) is 4.69. The zero-order valence-electron chi connectivity index (χ0n) is 16.2. The minimum absolute atomic E-state index is 0.0936. The fraction of sp³-hybridized carbons (Fsp3) is 0.286. The van der Waals surface area contributed by atoms with Gasteiger partial charge in [-0.15, -0.1) is 0 Å². The molecule has 0 atom stereocenters. The Bertz CT molecular complexity index is 1160. The summed E-state index contributed by atoms with van der Waals surface area (Å²) < 4.78 is 39.8. The summed E-state index contributed by atoms with van der Waals surface area (Å²) in [6.45, 7) is -0.410. The number of carbonyl (C=O) groups is 1. The SMILES string of the molecule is Cc1ccc(CCN(CC(F)(F)F)C(=O)Cn2[nH]c(=O)c3ccccc3c2=O)cc1. The van der Waals surface area contributed by atoms with Crippen LogP contribution in [0.4, 0.5) is 13.2 Å². The molecule has 0 saturated heterocycles. The zero-order valence-corrected chi connectivity index (χ0v) is 16.2. The summed E-state index contributed by atoms with van der Waals surface area (Å²) in [5, 5.41) is 2.51. The lowest BCUT2D eigenvalue weighted by molar-refractivity contribution is -0.161. The van der Waals surface area contributed by atoms with Gasteiger partial charge in [-0.05, 0) is 31.0 Å². The van der Waals surface area contributed by atoms with Gasteiger partial charge in [-0.1, -0.05) is 42.0 Å². The molecule has 2 aromatic carbocycles. The van der Waals surface area contributed by atoms with Crippen LogP contribution in [0.2, 0.25) is 0 Å². The van der Waals surface area contributed by atoms with Gasteiger partial charge in [-0.3, -0.25) is 19.5 Å². The summed E-state index contributed by atoms with van der Waals surface area (Å²) in [5.74, 6) is -0.910. The lowest BCUT2D eigenvalue weighted by atomic mass is 10.1. The van der Waals surface area contributed by atoms with E-state index in [9.17, 15) is 27.6 Å². The van der Waals surface area contributed by atoms with E-state index in [-0.39, 0.29) is 23.7 Å². The van der Waals surface area contributed by atoms with Gasteiger partial charge in [-0.25, -0.2) is 4.68 Å². The Morgan fingerprint density at radius 1 is 1.03 bits per heavy atom. The predicted octanol–water partition coefficient (Wildman–Crippen LogP) is 2.63. The first-order chi connectivity index (χ1) is 14.1. The molecule has 1 N–H and O–H groups in total. The number of hydrogen-bond donors (Lipinski definition) is 1. The van der Waals surface area contributed by atoms with Crippen molar-refractivity contribution in [1.82, 2.24) is 14.7 Å². The molecule has 158 valence electrons. The highest BCUT2D eigenvalue weighted by atomic mass is 19.4. The minimum atomic E-state index is -4.59. The Balaban J connectivity index is 1.83. The summed E-state index contributed by atoms with van der Waals surface area (Å²) in [5.41, 5.74) is 0.558. The van der Waals surface area contributed by atoms with Gasteiger partial charge in [0.05, 0.1) is 10.8 Å². The molecule has 3 rings (SSSR count). The number of H-pyrrole nitrogens is 1. The number of benzene rings is 2. The molecular weight excluding hydrogens is 399 g/mol. The highest BCUT2D eigenvalue weighted by Crippen LogP contribution is 2.17. The number of hydrogen-bond acceptors (Lipinski definition) is 3. The van der Waals surface area contributed by atoms with Crippen molar-refractivity contribution in [1.29, 1.82) is 0 Å². The van der Waals surface area contributed by atoms with E-state index < -0.39 is 36.3 Å². The van der Waals surface area contributed by atoms with Crippen LogP contribution in [0.15, 0.2) is 58.1 Å². The van der Waals surface area contributed by atoms with Crippen LogP contribution in [-0.2, 0) is 17.8 Å². The van der Waals surface area contributed by atoms with E-state index >= 15 is 0 Å². The maximum Gasteiger partial charge on any atom is 0.406 e. The highest BCUT2D eigenvalue weighted by Gasteiger charge is 2.33. The summed E-state index contributed by atoms with van der Waals surface area (Å²) >= 11 is 0. The van der Waals surface area contributed by atoms with Crippen LogP contribution in [-0.4, -0.2) is 39.9 Å². The van der Waals surface area contributed by atoms with E-state index in [1.165, 1.54) is 12.1 Å². The van der Waals surface area contributed by atoms with Gasteiger partial charge in [0.2, 0.25) is 5.91 Å². The first kappa shape index (κ1) is 21.4. The van der Waals surface area contributed by atoms with E-state index in [0.29, 0.717) is 4.90 Å². The maximum absolute atomic E-state index is 13.0. The maximum atomic E-state index is 13.0. The zero-order chi connectivity index (χ0) is 21.9. The Morgan fingerprint density at radius 2 is 1.67 bits per heavy atom. The topological polar surface area (TPSA) is 75.2 Å². The molecule has 6 nitrogen and oxygen atoms in total. The minimum Gasteiger partial charge on any atom is -0.332 e.